The van der Waals surface area contributed by atoms with Crippen molar-refractivity contribution >= 4 is 17.4 Å². The predicted molar refractivity (Wildman–Crippen MR) is 111 cm³/mol. The van der Waals surface area contributed by atoms with Crippen molar-refractivity contribution in [2.24, 2.45) is 0 Å². The number of Topliss-reactive ketones (excluding diaryl/α,β-unsaturated/α-hetero) is 1. The number of rotatable bonds is 6. The highest BCUT2D eigenvalue weighted by molar-refractivity contribution is 6.46. The number of carbonyl (C=O) groups excluding carboxylic acids is 2. The van der Waals surface area contributed by atoms with E-state index in [0.717, 1.165) is 39.3 Å². The number of benzene rings is 1. The van der Waals surface area contributed by atoms with E-state index in [9.17, 15) is 14.7 Å². The van der Waals surface area contributed by atoms with Crippen molar-refractivity contribution in [2.45, 2.75) is 12.5 Å². The van der Waals surface area contributed by atoms with Gasteiger partial charge in [0.1, 0.15) is 18.8 Å². The zero-order valence-electron chi connectivity index (χ0n) is 16.8. The van der Waals surface area contributed by atoms with Crippen molar-refractivity contribution in [3.05, 3.63) is 71.6 Å². The van der Waals surface area contributed by atoms with Gasteiger partial charge in [-0.3, -0.25) is 14.6 Å². The van der Waals surface area contributed by atoms with Gasteiger partial charge in [0.15, 0.2) is 0 Å². The standard InChI is InChI=1S/C23H25N3O4/c27-21(17-6-2-1-3-7-17)19-20(18-8-4-9-24-16-18)26(23(29)22(19)28)11-5-10-25-12-14-30-15-13-25/h1-4,6-9,16,20,27H,5,10-15H2/p+1/t20-/m1/s1. The summed E-state index contributed by atoms with van der Waals surface area (Å²) in [6, 6.07) is 11.8. The number of aliphatic hydroxyl groups excluding tert-OH is 1. The molecule has 2 aliphatic heterocycles. The molecule has 0 aliphatic carbocycles. The van der Waals surface area contributed by atoms with Crippen LogP contribution in [0.3, 0.4) is 0 Å². The lowest BCUT2D eigenvalue weighted by Gasteiger charge is -2.27. The summed E-state index contributed by atoms with van der Waals surface area (Å²) in [7, 11) is 0. The van der Waals surface area contributed by atoms with Gasteiger partial charge in [-0.1, -0.05) is 36.4 Å². The van der Waals surface area contributed by atoms with Crippen LogP contribution in [0.5, 0.6) is 0 Å². The molecule has 0 spiro atoms. The smallest absolute Gasteiger partial charge is 0.295 e. The van der Waals surface area contributed by atoms with E-state index >= 15 is 0 Å². The molecule has 1 aromatic carbocycles. The van der Waals surface area contributed by atoms with Gasteiger partial charge in [0, 0.05) is 30.9 Å². The molecule has 1 aromatic heterocycles. The summed E-state index contributed by atoms with van der Waals surface area (Å²) in [6.45, 7) is 4.78. The van der Waals surface area contributed by atoms with E-state index in [2.05, 4.69) is 4.98 Å². The summed E-state index contributed by atoms with van der Waals surface area (Å²) in [5, 5.41) is 10.9. The largest absolute Gasteiger partial charge is 0.507 e. The number of aromatic nitrogens is 1. The Kier molecular flexibility index (Phi) is 6.21. The number of nitrogens with one attached hydrogen (secondary N) is 1. The van der Waals surface area contributed by atoms with E-state index in [4.69, 9.17) is 4.74 Å². The third-order valence-corrected chi connectivity index (χ3v) is 5.72. The van der Waals surface area contributed by atoms with Gasteiger partial charge in [-0.25, -0.2) is 0 Å². The van der Waals surface area contributed by atoms with E-state index in [-0.39, 0.29) is 11.3 Å². The number of aliphatic hydroxyl groups is 1. The van der Waals surface area contributed by atoms with Crippen LogP contribution in [0.2, 0.25) is 0 Å². The normalized spacial score (nSPS) is 21.9. The maximum atomic E-state index is 12.9. The van der Waals surface area contributed by atoms with Gasteiger partial charge in [-0.15, -0.1) is 0 Å². The minimum Gasteiger partial charge on any atom is -0.507 e. The summed E-state index contributed by atoms with van der Waals surface area (Å²) in [5.74, 6) is -1.37. The van der Waals surface area contributed by atoms with Crippen LogP contribution in [0.25, 0.3) is 5.76 Å². The summed E-state index contributed by atoms with van der Waals surface area (Å²) >= 11 is 0. The number of carbonyl (C=O) groups is 2. The van der Waals surface area contributed by atoms with Gasteiger partial charge in [0.25, 0.3) is 11.7 Å². The number of pyridine rings is 1. The van der Waals surface area contributed by atoms with Gasteiger partial charge in [0.2, 0.25) is 0 Å². The fraction of sp³-hybridized carbons (Fsp3) is 0.348. The molecule has 2 fully saturated rings. The number of morpholine rings is 1. The summed E-state index contributed by atoms with van der Waals surface area (Å²) in [5.41, 5.74) is 1.35. The van der Waals surface area contributed by atoms with Crippen LogP contribution < -0.4 is 4.90 Å². The molecule has 7 heteroatoms. The van der Waals surface area contributed by atoms with Crippen LogP contribution in [0, 0.1) is 0 Å². The second kappa shape index (κ2) is 9.19. The Morgan fingerprint density at radius 2 is 1.90 bits per heavy atom. The van der Waals surface area contributed by atoms with Crippen molar-refractivity contribution in [1.29, 1.82) is 0 Å². The Hall–Kier alpha value is -3.03. The van der Waals surface area contributed by atoms with Crippen LogP contribution in [-0.4, -0.2) is 66.1 Å². The van der Waals surface area contributed by atoms with E-state index < -0.39 is 17.7 Å². The van der Waals surface area contributed by atoms with E-state index in [1.54, 1.807) is 47.6 Å². The van der Waals surface area contributed by atoms with Gasteiger partial charge in [-0.05, 0) is 11.6 Å². The Labute approximate surface area is 175 Å². The molecule has 0 saturated carbocycles. The zero-order chi connectivity index (χ0) is 20.9. The highest BCUT2D eigenvalue weighted by Gasteiger charge is 2.46. The van der Waals surface area contributed by atoms with Crippen LogP contribution in [0.1, 0.15) is 23.6 Å². The number of likely N-dealkylation sites (tertiary alicyclic amines) is 1. The number of hydrogen-bond donors (Lipinski definition) is 2. The number of nitrogens with zero attached hydrogens (tertiary/aromatic N) is 2. The monoisotopic (exact) mass is 408 g/mol. The van der Waals surface area contributed by atoms with Gasteiger partial charge < -0.3 is 19.6 Å². The average Bonchev–Trinajstić information content (AvgIpc) is 3.05. The SMILES string of the molecule is O=C1C(=O)N(CCC[NH+]2CCOCC2)[C@H](c2cccnc2)C1=C(O)c1ccccc1. The molecule has 2 N–H and O–H groups in total. The first kappa shape index (κ1) is 20.3. The van der Waals surface area contributed by atoms with Crippen molar-refractivity contribution in [1.82, 2.24) is 9.88 Å². The summed E-state index contributed by atoms with van der Waals surface area (Å²) < 4.78 is 5.40. The molecule has 1 atom stereocenters. The quantitative estimate of drug-likeness (QED) is 0.420. The van der Waals surface area contributed by atoms with Crippen LogP contribution in [0.15, 0.2) is 60.4 Å². The first-order valence-corrected chi connectivity index (χ1v) is 10.3. The molecular formula is C23H26N3O4+. The second-order valence-electron chi connectivity index (χ2n) is 7.61. The highest BCUT2D eigenvalue weighted by atomic mass is 16.5. The van der Waals surface area contributed by atoms with Crippen molar-refractivity contribution in [3.63, 3.8) is 0 Å². The zero-order valence-corrected chi connectivity index (χ0v) is 16.8. The molecule has 0 radical (unpaired) electrons. The molecule has 1 amide bonds. The molecule has 0 unspecified atom stereocenters. The first-order chi connectivity index (χ1) is 14.7. The van der Waals surface area contributed by atoms with E-state index in [0.29, 0.717) is 17.7 Å². The molecular weight excluding hydrogens is 382 g/mol. The molecule has 30 heavy (non-hydrogen) atoms. The third kappa shape index (κ3) is 4.13. The fourth-order valence-electron chi connectivity index (χ4n) is 4.16. The average molecular weight is 408 g/mol. The topological polar surface area (TPSA) is 84.2 Å². The van der Waals surface area contributed by atoms with Crippen molar-refractivity contribution < 1.29 is 24.3 Å². The predicted octanol–water partition coefficient (Wildman–Crippen LogP) is 0.809. The molecule has 3 heterocycles. The molecule has 156 valence electrons. The Morgan fingerprint density at radius 1 is 1.13 bits per heavy atom. The number of quaternary nitrogens is 1. The lowest BCUT2D eigenvalue weighted by Crippen LogP contribution is -3.14. The Morgan fingerprint density at radius 3 is 2.60 bits per heavy atom. The highest BCUT2D eigenvalue weighted by Crippen LogP contribution is 2.38. The third-order valence-electron chi connectivity index (χ3n) is 5.72. The molecule has 4 rings (SSSR count). The number of ketones is 1. The lowest BCUT2D eigenvalue weighted by atomic mass is 9.96. The van der Waals surface area contributed by atoms with Gasteiger partial charge in [-0.2, -0.15) is 0 Å². The number of ether oxygens (including phenoxy) is 1. The van der Waals surface area contributed by atoms with Crippen molar-refractivity contribution in [3.8, 4) is 0 Å². The van der Waals surface area contributed by atoms with Crippen LogP contribution in [-0.2, 0) is 14.3 Å². The van der Waals surface area contributed by atoms with Crippen molar-refractivity contribution in [2.75, 3.05) is 39.4 Å². The minimum atomic E-state index is -0.649. The first-order valence-electron chi connectivity index (χ1n) is 10.3. The molecule has 2 saturated heterocycles. The summed E-state index contributed by atoms with van der Waals surface area (Å²) in [6.07, 6.45) is 4.06. The summed E-state index contributed by atoms with van der Waals surface area (Å²) in [4.78, 5) is 33.0. The van der Waals surface area contributed by atoms with Crippen LogP contribution in [0.4, 0.5) is 0 Å². The molecule has 7 nitrogen and oxygen atoms in total. The van der Waals surface area contributed by atoms with Gasteiger partial charge >= 0.3 is 0 Å². The minimum absolute atomic E-state index is 0.123. The van der Waals surface area contributed by atoms with E-state index in [1.165, 1.54) is 4.90 Å². The lowest BCUT2D eigenvalue weighted by molar-refractivity contribution is -0.908. The fourth-order valence-corrected chi connectivity index (χ4v) is 4.16. The maximum Gasteiger partial charge on any atom is 0.295 e. The number of amides is 1. The van der Waals surface area contributed by atoms with Gasteiger partial charge in [0.05, 0.1) is 31.4 Å². The Bertz CT molecular complexity index is 924. The Balaban J connectivity index is 1.63. The molecule has 0 bridgehead atoms. The second-order valence-corrected chi connectivity index (χ2v) is 7.61. The number of hydrogen-bond acceptors (Lipinski definition) is 5. The molecule has 2 aromatic rings. The van der Waals surface area contributed by atoms with Crippen LogP contribution >= 0.6 is 0 Å². The molecule has 2 aliphatic rings. The van der Waals surface area contributed by atoms with E-state index in [1.807, 2.05) is 12.1 Å². The maximum absolute atomic E-state index is 12.9.